The number of nitrogens with two attached hydrogens (primary N) is 1. The number of amides is 2. The lowest BCUT2D eigenvalue weighted by Crippen LogP contribution is -2.79. The molecule has 1 aliphatic heterocycles. The highest BCUT2D eigenvalue weighted by atomic mass is 35.5. The van der Waals surface area contributed by atoms with Crippen LogP contribution >= 0.6 is 11.6 Å². The maximum absolute atomic E-state index is 14.9. The molecular formula is C28H29ClF3N8O4+. The van der Waals surface area contributed by atoms with Gasteiger partial charge in [-0.05, 0) is 33.3 Å². The van der Waals surface area contributed by atoms with Crippen LogP contribution in [0.1, 0.15) is 58.4 Å². The number of quaternary nitrogens is 1. The number of nitrogens with zero attached hydrogens (tertiary/aromatic N) is 5. The molecule has 12 nitrogen and oxygen atoms in total. The number of alkyl halides is 3. The third kappa shape index (κ3) is 5.63. The first kappa shape index (κ1) is 31.4. The number of aromatic nitrogens is 4. The van der Waals surface area contributed by atoms with Crippen molar-refractivity contribution in [2.24, 2.45) is 11.8 Å². The zero-order valence-electron chi connectivity index (χ0n) is 23.7. The molecule has 2 aromatic rings. The molecule has 2 amide bonds. The van der Waals surface area contributed by atoms with E-state index >= 15 is 0 Å². The average Bonchev–Trinajstić information content (AvgIpc) is 3.75. The van der Waals surface area contributed by atoms with E-state index in [0.717, 1.165) is 29.5 Å². The summed E-state index contributed by atoms with van der Waals surface area (Å²) < 4.78 is 42.2. The fourth-order valence-corrected chi connectivity index (χ4v) is 5.57. The van der Waals surface area contributed by atoms with Gasteiger partial charge in [0.1, 0.15) is 29.8 Å². The Kier molecular flexibility index (Phi) is 8.41. The van der Waals surface area contributed by atoms with Crippen LogP contribution in [0.2, 0.25) is 0 Å². The Hall–Kier alpha value is -4.05. The molecule has 232 valence electrons. The second kappa shape index (κ2) is 11.8. The van der Waals surface area contributed by atoms with Crippen molar-refractivity contribution in [2.45, 2.75) is 57.7 Å². The van der Waals surface area contributed by atoms with Crippen molar-refractivity contribution in [2.75, 3.05) is 4.90 Å². The van der Waals surface area contributed by atoms with Gasteiger partial charge in [-0.1, -0.05) is 17.7 Å². The molecule has 3 heterocycles. The normalized spacial score (nSPS) is 24.9. The predicted molar refractivity (Wildman–Crippen MR) is 150 cm³/mol. The maximum atomic E-state index is 14.9. The van der Waals surface area contributed by atoms with Crippen molar-refractivity contribution in [1.82, 2.24) is 25.3 Å². The Morgan fingerprint density at radius 3 is 2.57 bits per heavy atom. The van der Waals surface area contributed by atoms with Crippen molar-refractivity contribution < 1.29 is 38.3 Å². The Morgan fingerprint density at radius 2 is 1.95 bits per heavy atom. The van der Waals surface area contributed by atoms with E-state index in [2.05, 4.69) is 25.3 Å². The van der Waals surface area contributed by atoms with Crippen LogP contribution in [0.25, 0.3) is 0 Å². The van der Waals surface area contributed by atoms with Gasteiger partial charge >= 0.3 is 0 Å². The monoisotopic (exact) mass is 633 g/mol. The number of allylic oxidation sites excluding steroid dienone is 5. The Morgan fingerprint density at radius 1 is 1.23 bits per heavy atom. The van der Waals surface area contributed by atoms with Crippen LogP contribution in [0.4, 0.5) is 19.1 Å². The molecule has 4 unspecified atom stereocenters. The van der Waals surface area contributed by atoms with Crippen molar-refractivity contribution in [3.8, 4) is 0 Å². The summed E-state index contributed by atoms with van der Waals surface area (Å²) in [5.41, 5.74) is 0.331. The number of anilines is 1. The highest BCUT2D eigenvalue weighted by Crippen LogP contribution is 2.54. The number of piperidine rings is 1. The van der Waals surface area contributed by atoms with E-state index < -0.39 is 53.6 Å². The van der Waals surface area contributed by atoms with Crippen LogP contribution in [0, 0.1) is 31.1 Å². The van der Waals surface area contributed by atoms with Crippen LogP contribution in [-0.4, -0.2) is 66.7 Å². The summed E-state index contributed by atoms with van der Waals surface area (Å²) >= 11 is 5.87. The molecule has 6 N–H and O–H groups in total. The van der Waals surface area contributed by atoms with E-state index in [1.165, 1.54) is 19.3 Å². The van der Waals surface area contributed by atoms with Crippen molar-refractivity contribution in [1.29, 1.82) is 5.41 Å². The number of nitrogens with one attached hydrogen (secondary N) is 2. The molecule has 1 saturated carbocycles. The second-order valence-corrected chi connectivity index (χ2v) is 11.3. The van der Waals surface area contributed by atoms with Gasteiger partial charge in [0, 0.05) is 41.6 Å². The molecule has 16 heteroatoms. The van der Waals surface area contributed by atoms with Gasteiger partial charge in [0.15, 0.2) is 0 Å². The quantitative estimate of drug-likeness (QED) is 0.205. The Labute approximate surface area is 254 Å². The standard InChI is InChI=1S/C28H28ClF3N8O4/c1-11(17-9-36-27(37-12(17)2)40-26(42)16-6-18(16)28(40,43)44)34-8-14(7-33)38-25(41)23-13(3)35-10-20(39-23)21-15(24(31)32)4-5-19(29)22(21)30/h4-5,7-11,16,18,21-22,24,33-34,43-44H,6H2,1-3H3,(H,38,41)/p+1/b14-8+,33-7?/t11-,16?,18?,21?,22?/m0/s1. The third-order valence-corrected chi connectivity index (χ3v) is 8.27. The van der Waals surface area contributed by atoms with Gasteiger partial charge in [-0.2, -0.15) is 0 Å². The summed E-state index contributed by atoms with van der Waals surface area (Å²) in [4.78, 5) is 43.1. The zero-order valence-corrected chi connectivity index (χ0v) is 24.4. The fraction of sp³-hybridized carbons (Fsp3) is 0.393. The zero-order chi connectivity index (χ0) is 32.1. The first-order chi connectivity index (χ1) is 20.8. The Bertz CT molecular complexity index is 1630. The van der Waals surface area contributed by atoms with Gasteiger partial charge < -0.3 is 26.3 Å². The number of hydrogen-bond acceptors (Lipinski definition) is 9. The topological polar surface area (TPSA) is 182 Å². The van der Waals surface area contributed by atoms with E-state index in [1.54, 1.807) is 19.2 Å². The van der Waals surface area contributed by atoms with E-state index in [-0.39, 0.29) is 39.8 Å². The van der Waals surface area contributed by atoms with Crippen LogP contribution < -0.4 is 15.5 Å². The summed E-state index contributed by atoms with van der Waals surface area (Å²) in [6.45, 7) is 4.95. The third-order valence-electron chi connectivity index (χ3n) is 7.94. The predicted octanol–water partition coefficient (Wildman–Crippen LogP) is 1.80. The lowest BCUT2D eigenvalue weighted by molar-refractivity contribution is -0.630. The number of halogens is 4. The van der Waals surface area contributed by atoms with Crippen LogP contribution in [0.15, 0.2) is 47.0 Å². The highest BCUT2D eigenvalue weighted by Gasteiger charge is 2.68. The highest BCUT2D eigenvalue weighted by molar-refractivity contribution is 6.30. The Balaban J connectivity index is 1.30. The number of rotatable bonds is 9. The van der Waals surface area contributed by atoms with E-state index in [9.17, 15) is 33.0 Å². The summed E-state index contributed by atoms with van der Waals surface area (Å²) in [6, 6.07) is -0.346. The minimum atomic E-state index is -2.99. The minimum absolute atomic E-state index is 0.0519. The maximum Gasteiger partial charge on any atom is 0.276 e. The molecule has 0 bridgehead atoms. The van der Waals surface area contributed by atoms with Crippen molar-refractivity contribution in [3.63, 3.8) is 0 Å². The van der Waals surface area contributed by atoms with Gasteiger partial charge in [-0.15, -0.1) is 0 Å². The van der Waals surface area contributed by atoms with Crippen molar-refractivity contribution in [3.05, 3.63) is 75.4 Å². The smallest absolute Gasteiger partial charge is 0.276 e. The number of aliphatic hydroxyl groups is 2. The first-order valence-corrected chi connectivity index (χ1v) is 14.0. The second-order valence-electron chi connectivity index (χ2n) is 10.8. The molecule has 44 heavy (non-hydrogen) atoms. The average molecular weight is 634 g/mol. The minimum Gasteiger partial charge on any atom is -0.348 e. The summed E-state index contributed by atoms with van der Waals surface area (Å²) in [5.74, 6) is -6.25. The fourth-order valence-electron chi connectivity index (χ4n) is 5.38. The van der Waals surface area contributed by atoms with E-state index in [0.29, 0.717) is 17.7 Å². The molecule has 0 spiro atoms. The molecule has 0 aromatic carbocycles. The summed E-state index contributed by atoms with van der Waals surface area (Å²) in [7, 11) is 0. The lowest BCUT2D eigenvalue weighted by atomic mass is 9.87. The number of hydrogen-bond donors (Lipinski definition) is 5. The summed E-state index contributed by atoms with van der Waals surface area (Å²) in [6.07, 6.45) is 2.44. The van der Waals surface area contributed by atoms with E-state index in [1.807, 2.05) is 0 Å². The summed E-state index contributed by atoms with van der Waals surface area (Å²) in [5, 5.41) is 32.4. The number of fused-ring (bicyclic) bond motifs is 1. The SMILES string of the molecule is Cc1nc(N2C(=O)C3CC3C2(O)O)ncc1[C@H](C)[NH2+]/C=C(\C=N)NC(=O)c1nc(C2C(C(F)F)=CC=C(Cl)C2F)cnc1C. The molecule has 2 fully saturated rings. The largest absolute Gasteiger partial charge is 0.348 e. The molecule has 1 saturated heterocycles. The molecule has 5 rings (SSSR count). The van der Waals surface area contributed by atoms with Gasteiger partial charge in [0.2, 0.25) is 11.9 Å². The number of carbonyl (C=O) groups is 2. The van der Waals surface area contributed by atoms with Gasteiger partial charge in [-0.3, -0.25) is 14.6 Å². The first-order valence-electron chi connectivity index (χ1n) is 13.6. The molecule has 2 aliphatic carbocycles. The van der Waals surface area contributed by atoms with Crippen LogP contribution in [0.3, 0.4) is 0 Å². The molecule has 0 radical (unpaired) electrons. The van der Waals surface area contributed by atoms with Gasteiger partial charge in [0.05, 0.1) is 28.0 Å². The lowest BCUT2D eigenvalue weighted by Gasteiger charge is -2.29. The molecule has 5 atom stereocenters. The van der Waals surface area contributed by atoms with Crippen LogP contribution in [0.5, 0.6) is 0 Å². The van der Waals surface area contributed by atoms with Gasteiger partial charge in [0.25, 0.3) is 18.2 Å². The molecular weight excluding hydrogens is 605 g/mol. The van der Waals surface area contributed by atoms with Crippen molar-refractivity contribution >= 4 is 35.6 Å². The molecule has 2 aromatic heterocycles. The van der Waals surface area contributed by atoms with E-state index in [4.69, 9.17) is 17.0 Å². The molecule has 3 aliphatic rings. The van der Waals surface area contributed by atoms with Gasteiger partial charge in [-0.25, -0.2) is 33.0 Å². The van der Waals surface area contributed by atoms with Crippen LogP contribution in [-0.2, 0) is 4.79 Å². The number of carbonyl (C=O) groups excluding carboxylic acids is 2. The number of aryl methyl sites for hydroxylation is 2.